The molecule has 0 atom stereocenters. The number of hydrogen-bond acceptors (Lipinski definition) is 4. The second-order valence-corrected chi connectivity index (χ2v) is 6.41. The SMILES string of the molecule is C1CCCCCC1.CC.NN1CCN(c2cccc(CO)c2F)CC1. The van der Waals surface area contributed by atoms with E-state index in [0.29, 0.717) is 24.3 Å². The zero-order valence-corrected chi connectivity index (χ0v) is 16.0. The van der Waals surface area contributed by atoms with Crippen molar-refractivity contribution < 1.29 is 9.50 Å². The molecule has 3 N–H and O–H groups in total. The van der Waals surface area contributed by atoms with Gasteiger partial charge >= 0.3 is 0 Å². The van der Waals surface area contributed by atoms with Crippen LogP contribution in [0.3, 0.4) is 0 Å². The average molecular weight is 354 g/mol. The summed E-state index contributed by atoms with van der Waals surface area (Å²) < 4.78 is 13.9. The number of rotatable bonds is 2. The van der Waals surface area contributed by atoms with Crippen LogP contribution in [0.4, 0.5) is 10.1 Å². The molecule has 1 aliphatic heterocycles. The van der Waals surface area contributed by atoms with Crippen molar-refractivity contribution in [3.05, 3.63) is 29.6 Å². The summed E-state index contributed by atoms with van der Waals surface area (Å²) in [5, 5.41) is 10.7. The average Bonchev–Trinajstić information content (AvgIpc) is 2.98. The summed E-state index contributed by atoms with van der Waals surface area (Å²) >= 11 is 0. The Balaban J connectivity index is 0.000000290. The van der Waals surface area contributed by atoms with E-state index >= 15 is 0 Å². The molecule has 25 heavy (non-hydrogen) atoms. The minimum Gasteiger partial charge on any atom is -0.392 e. The highest BCUT2D eigenvalue weighted by molar-refractivity contribution is 5.50. The van der Waals surface area contributed by atoms with Crippen LogP contribution < -0.4 is 10.7 Å². The summed E-state index contributed by atoms with van der Waals surface area (Å²) in [6.07, 6.45) is 10.5. The normalized spacial score (nSPS) is 18.4. The van der Waals surface area contributed by atoms with Gasteiger partial charge in [-0.15, -0.1) is 0 Å². The Hall–Kier alpha value is -1.17. The van der Waals surface area contributed by atoms with Gasteiger partial charge in [0.2, 0.25) is 0 Å². The van der Waals surface area contributed by atoms with Crippen molar-refractivity contribution in [2.75, 3.05) is 31.1 Å². The molecular formula is C20H36FN3O. The Bertz CT molecular complexity index is 443. The van der Waals surface area contributed by atoms with Crippen LogP contribution in [-0.4, -0.2) is 36.3 Å². The second-order valence-electron chi connectivity index (χ2n) is 6.41. The Morgan fingerprint density at radius 2 is 1.40 bits per heavy atom. The van der Waals surface area contributed by atoms with Crippen LogP contribution in [0, 0.1) is 5.82 Å². The van der Waals surface area contributed by atoms with E-state index in [0.717, 1.165) is 13.1 Å². The predicted octanol–water partition coefficient (Wildman–Crippen LogP) is 4.07. The lowest BCUT2D eigenvalue weighted by Gasteiger charge is -2.34. The van der Waals surface area contributed by atoms with Crippen LogP contribution >= 0.6 is 0 Å². The number of hydrazine groups is 1. The Morgan fingerprint density at radius 1 is 0.920 bits per heavy atom. The first-order valence-corrected chi connectivity index (χ1v) is 9.85. The highest BCUT2D eigenvalue weighted by atomic mass is 19.1. The third-order valence-corrected chi connectivity index (χ3v) is 4.63. The largest absolute Gasteiger partial charge is 0.392 e. The molecule has 0 radical (unpaired) electrons. The van der Waals surface area contributed by atoms with Crippen molar-refractivity contribution in [2.24, 2.45) is 5.84 Å². The van der Waals surface area contributed by atoms with E-state index in [1.807, 2.05) is 18.7 Å². The lowest BCUT2D eigenvalue weighted by Crippen LogP contribution is -2.49. The summed E-state index contributed by atoms with van der Waals surface area (Å²) in [5.74, 6) is 5.32. The summed E-state index contributed by atoms with van der Waals surface area (Å²) in [6.45, 7) is 6.60. The number of benzene rings is 1. The van der Waals surface area contributed by atoms with Crippen molar-refractivity contribution in [1.82, 2.24) is 5.01 Å². The quantitative estimate of drug-likeness (QED) is 0.622. The van der Waals surface area contributed by atoms with Crippen LogP contribution in [0.2, 0.25) is 0 Å². The van der Waals surface area contributed by atoms with Gasteiger partial charge in [-0.3, -0.25) is 5.84 Å². The van der Waals surface area contributed by atoms with Crippen LogP contribution in [0.1, 0.15) is 64.4 Å². The molecule has 1 aromatic carbocycles. The second kappa shape index (κ2) is 13.1. The Labute approximate surface area is 152 Å². The van der Waals surface area contributed by atoms with Crippen molar-refractivity contribution in [1.29, 1.82) is 0 Å². The number of aliphatic hydroxyl groups is 1. The molecule has 0 bridgehead atoms. The van der Waals surface area contributed by atoms with Crippen LogP contribution in [-0.2, 0) is 6.61 Å². The van der Waals surface area contributed by atoms with E-state index in [4.69, 9.17) is 10.9 Å². The van der Waals surface area contributed by atoms with Gasteiger partial charge in [0.05, 0.1) is 12.3 Å². The maximum Gasteiger partial charge on any atom is 0.151 e. The molecule has 144 valence electrons. The molecule has 1 saturated heterocycles. The fourth-order valence-corrected chi connectivity index (χ4v) is 3.13. The standard InChI is InChI=1S/C11H16FN3O.C7H14.C2H6/c12-11-9(8-16)2-1-3-10(11)14-4-6-15(13)7-5-14;1-2-4-6-7-5-3-1;1-2/h1-3,16H,4-8,13H2;1-7H2;1-2H3. The van der Waals surface area contributed by atoms with E-state index in [9.17, 15) is 4.39 Å². The molecule has 1 heterocycles. The van der Waals surface area contributed by atoms with Crippen LogP contribution in [0.25, 0.3) is 0 Å². The molecule has 0 aromatic heterocycles. The van der Waals surface area contributed by atoms with Crippen LogP contribution in [0.5, 0.6) is 0 Å². The minimum atomic E-state index is -0.324. The number of aliphatic hydroxyl groups excluding tert-OH is 1. The zero-order valence-electron chi connectivity index (χ0n) is 16.0. The Morgan fingerprint density at radius 3 is 1.84 bits per heavy atom. The monoisotopic (exact) mass is 353 g/mol. The van der Waals surface area contributed by atoms with Gasteiger partial charge in [0.25, 0.3) is 0 Å². The number of halogens is 1. The lowest BCUT2D eigenvalue weighted by atomic mass is 10.1. The first-order valence-electron chi connectivity index (χ1n) is 9.85. The number of hydrogen-bond donors (Lipinski definition) is 2. The van der Waals surface area contributed by atoms with Gasteiger partial charge in [0.15, 0.2) is 5.82 Å². The molecule has 4 nitrogen and oxygen atoms in total. The molecular weight excluding hydrogens is 317 g/mol. The fraction of sp³-hybridized carbons (Fsp3) is 0.700. The summed E-state index contributed by atoms with van der Waals surface area (Å²) in [4.78, 5) is 1.96. The molecule has 1 aliphatic carbocycles. The number of nitrogens with two attached hydrogens (primary N) is 1. The third-order valence-electron chi connectivity index (χ3n) is 4.63. The number of anilines is 1. The van der Waals surface area contributed by atoms with E-state index in [2.05, 4.69) is 0 Å². The number of piperazine rings is 1. The van der Waals surface area contributed by atoms with Gasteiger partial charge in [0.1, 0.15) is 0 Å². The molecule has 0 unspecified atom stereocenters. The first kappa shape index (κ1) is 21.9. The zero-order chi connectivity index (χ0) is 18.5. The molecule has 1 aromatic rings. The smallest absolute Gasteiger partial charge is 0.151 e. The van der Waals surface area contributed by atoms with Crippen molar-refractivity contribution in [2.45, 2.75) is 65.4 Å². The third kappa shape index (κ3) is 7.72. The maximum atomic E-state index is 13.9. The highest BCUT2D eigenvalue weighted by Crippen LogP contribution is 2.23. The minimum absolute atomic E-state index is 0.267. The van der Waals surface area contributed by atoms with E-state index < -0.39 is 0 Å². The van der Waals surface area contributed by atoms with Crippen molar-refractivity contribution >= 4 is 5.69 Å². The van der Waals surface area contributed by atoms with Gasteiger partial charge in [-0.05, 0) is 6.07 Å². The van der Waals surface area contributed by atoms with Gasteiger partial charge in [-0.1, -0.05) is 70.9 Å². The molecule has 0 spiro atoms. The fourth-order valence-electron chi connectivity index (χ4n) is 3.13. The highest BCUT2D eigenvalue weighted by Gasteiger charge is 2.18. The summed E-state index contributed by atoms with van der Waals surface area (Å²) in [5.41, 5.74) is 0.896. The van der Waals surface area contributed by atoms with E-state index in [1.165, 1.54) is 44.9 Å². The van der Waals surface area contributed by atoms with Gasteiger partial charge in [-0.25, -0.2) is 9.40 Å². The van der Waals surface area contributed by atoms with Crippen molar-refractivity contribution in [3.63, 3.8) is 0 Å². The molecule has 1 saturated carbocycles. The summed E-state index contributed by atoms with van der Waals surface area (Å²) in [7, 11) is 0. The van der Waals surface area contributed by atoms with Crippen LogP contribution in [0.15, 0.2) is 18.2 Å². The summed E-state index contributed by atoms with van der Waals surface area (Å²) in [6, 6.07) is 5.09. The predicted molar refractivity (Wildman–Crippen MR) is 104 cm³/mol. The topological polar surface area (TPSA) is 52.7 Å². The molecule has 0 amide bonds. The van der Waals surface area contributed by atoms with Gasteiger partial charge < -0.3 is 10.0 Å². The lowest BCUT2D eigenvalue weighted by molar-refractivity contribution is 0.264. The number of nitrogens with zero attached hydrogens (tertiary/aromatic N) is 2. The van der Waals surface area contributed by atoms with Gasteiger partial charge in [-0.2, -0.15) is 0 Å². The maximum absolute atomic E-state index is 13.9. The first-order chi connectivity index (χ1) is 12.2. The molecule has 5 heteroatoms. The van der Waals surface area contributed by atoms with Gasteiger partial charge in [0, 0.05) is 31.7 Å². The van der Waals surface area contributed by atoms with E-state index in [-0.39, 0.29) is 12.4 Å². The molecule has 3 rings (SSSR count). The van der Waals surface area contributed by atoms with Crippen molar-refractivity contribution in [3.8, 4) is 0 Å². The van der Waals surface area contributed by atoms with E-state index in [1.54, 1.807) is 23.2 Å². The molecule has 2 fully saturated rings. The Kier molecular flexibility index (Phi) is 11.5. The molecule has 2 aliphatic rings.